The van der Waals surface area contributed by atoms with E-state index >= 15 is 0 Å². The molecule has 0 amide bonds. The molecule has 0 aromatic heterocycles. The topological polar surface area (TPSA) is 0 Å². The van der Waals surface area contributed by atoms with Gasteiger partial charge in [-0.2, -0.15) is 0 Å². The lowest BCUT2D eigenvalue weighted by atomic mass is 10.1. The highest BCUT2D eigenvalue weighted by Crippen LogP contribution is 2.06. The summed E-state index contributed by atoms with van der Waals surface area (Å²) in [5.41, 5.74) is 1.41. The van der Waals surface area contributed by atoms with Crippen LogP contribution in [0, 0.1) is 0 Å². The minimum Gasteiger partial charge on any atom is -0.106 e. The predicted molar refractivity (Wildman–Crippen MR) is 43.4 cm³/mol. The van der Waals surface area contributed by atoms with Crippen LogP contribution in [0.1, 0.15) is 19.8 Å². The maximum atomic E-state index is 3.00. The average molecular weight is 122 g/mol. The monoisotopic (exact) mass is 122 g/mol. The molecule has 0 N–H and O–H groups in total. The highest BCUT2D eigenvalue weighted by Gasteiger charge is 1.86. The van der Waals surface area contributed by atoms with Gasteiger partial charge in [-0.05, 0) is 19.8 Å². The standard InChI is InChI=1S/C7H10.C2H4/c1-7-5-3-2-4-6-7;1-2/h3,5-6H,2,4H2,1H3;1-2H2. The molecule has 0 bridgehead atoms. The van der Waals surface area contributed by atoms with Crippen molar-refractivity contribution < 1.29 is 0 Å². The summed E-state index contributed by atoms with van der Waals surface area (Å²) in [6.07, 6.45) is 9.12. The van der Waals surface area contributed by atoms with Gasteiger partial charge in [-0.1, -0.05) is 23.8 Å². The zero-order valence-corrected chi connectivity index (χ0v) is 6.06. The highest BCUT2D eigenvalue weighted by atomic mass is 13.9. The third kappa shape index (κ3) is 3.77. The molecule has 0 aromatic carbocycles. The zero-order valence-electron chi connectivity index (χ0n) is 6.06. The second kappa shape index (κ2) is 5.36. The van der Waals surface area contributed by atoms with E-state index in [1.54, 1.807) is 0 Å². The van der Waals surface area contributed by atoms with E-state index in [9.17, 15) is 0 Å². The Morgan fingerprint density at radius 1 is 1.33 bits per heavy atom. The lowest BCUT2D eigenvalue weighted by Gasteiger charge is -1.96. The molecule has 0 heteroatoms. The van der Waals surface area contributed by atoms with Crippen molar-refractivity contribution in [3.05, 3.63) is 37.0 Å². The van der Waals surface area contributed by atoms with Crippen molar-refractivity contribution in [2.45, 2.75) is 19.8 Å². The molecule has 0 nitrogen and oxygen atoms in total. The molecule has 9 heavy (non-hydrogen) atoms. The fraction of sp³-hybridized carbons (Fsp3) is 0.333. The van der Waals surface area contributed by atoms with E-state index < -0.39 is 0 Å². The summed E-state index contributed by atoms with van der Waals surface area (Å²) in [4.78, 5) is 0. The van der Waals surface area contributed by atoms with Gasteiger partial charge in [0.2, 0.25) is 0 Å². The molecular formula is C9H14. The van der Waals surface area contributed by atoms with Gasteiger partial charge in [0, 0.05) is 0 Å². The van der Waals surface area contributed by atoms with E-state index in [1.165, 1.54) is 18.4 Å². The number of hydrogen-bond donors (Lipinski definition) is 0. The van der Waals surface area contributed by atoms with Crippen molar-refractivity contribution in [3.63, 3.8) is 0 Å². The highest BCUT2D eigenvalue weighted by molar-refractivity contribution is 5.18. The molecule has 1 aliphatic carbocycles. The maximum absolute atomic E-state index is 3.00. The van der Waals surface area contributed by atoms with Gasteiger partial charge in [-0.15, -0.1) is 13.2 Å². The van der Waals surface area contributed by atoms with Gasteiger partial charge in [-0.25, -0.2) is 0 Å². The first-order valence-corrected chi connectivity index (χ1v) is 3.23. The molecule has 0 aliphatic heterocycles. The summed E-state index contributed by atoms with van der Waals surface area (Å²) in [6, 6.07) is 0. The van der Waals surface area contributed by atoms with Crippen molar-refractivity contribution in [1.29, 1.82) is 0 Å². The average Bonchev–Trinajstić information content (AvgIpc) is 1.94. The largest absolute Gasteiger partial charge is 0.106 e. The van der Waals surface area contributed by atoms with Crippen LogP contribution in [0.5, 0.6) is 0 Å². The summed E-state index contributed by atoms with van der Waals surface area (Å²) in [5, 5.41) is 0. The SMILES string of the molecule is C=C.CC1=CCCC=C1. The van der Waals surface area contributed by atoms with Crippen LogP contribution in [-0.2, 0) is 0 Å². The Balaban J connectivity index is 0.000000291. The summed E-state index contributed by atoms with van der Waals surface area (Å²) >= 11 is 0. The zero-order chi connectivity index (χ0) is 7.11. The van der Waals surface area contributed by atoms with Gasteiger partial charge in [0.25, 0.3) is 0 Å². The summed E-state index contributed by atoms with van der Waals surface area (Å²) in [5.74, 6) is 0. The molecule has 0 aromatic rings. The van der Waals surface area contributed by atoms with E-state index in [0.717, 1.165) is 0 Å². The summed E-state index contributed by atoms with van der Waals surface area (Å²) in [7, 11) is 0. The molecule has 50 valence electrons. The second-order valence-electron chi connectivity index (χ2n) is 1.93. The summed E-state index contributed by atoms with van der Waals surface area (Å²) in [6.45, 7) is 8.13. The molecule has 0 radical (unpaired) electrons. The van der Waals surface area contributed by atoms with Crippen molar-refractivity contribution in [3.8, 4) is 0 Å². The summed E-state index contributed by atoms with van der Waals surface area (Å²) < 4.78 is 0. The van der Waals surface area contributed by atoms with Crippen LogP contribution in [0.4, 0.5) is 0 Å². The first-order chi connectivity index (χ1) is 4.39. The molecule has 1 aliphatic rings. The Morgan fingerprint density at radius 3 is 2.22 bits per heavy atom. The van der Waals surface area contributed by atoms with E-state index in [2.05, 4.69) is 38.3 Å². The Bertz CT molecular complexity index is 118. The first kappa shape index (κ1) is 8.22. The second-order valence-corrected chi connectivity index (χ2v) is 1.93. The molecule has 0 unspecified atom stereocenters. The Morgan fingerprint density at radius 2 is 2.00 bits per heavy atom. The van der Waals surface area contributed by atoms with Crippen molar-refractivity contribution in [2.75, 3.05) is 0 Å². The fourth-order valence-corrected chi connectivity index (χ4v) is 0.744. The quantitative estimate of drug-likeness (QED) is 0.433. The Hall–Kier alpha value is -0.780. The van der Waals surface area contributed by atoms with Gasteiger partial charge >= 0.3 is 0 Å². The van der Waals surface area contributed by atoms with Crippen LogP contribution >= 0.6 is 0 Å². The van der Waals surface area contributed by atoms with E-state index in [4.69, 9.17) is 0 Å². The van der Waals surface area contributed by atoms with E-state index in [0.29, 0.717) is 0 Å². The normalized spacial score (nSPS) is 15.4. The first-order valence-electron chi connectivity index (χ1n) is 3.23. The van der Waals surface area contributed by atoms with Gasteiger partial charge in [0.05, 0.1) is 0 Å². The number of allylic oxidation sites excluding steroid dienone is 4. The third-order valence-corrected chi connectivity index (χ3v) is 1.18. The molecule has 0 atom stereocenters. The smallest absolute Gasteiger partial charge is 0.0310 e. The van der Waals surface area contributed by atoms with Gasteiger partial charge in [0.1, 0.15) is 0 Å². The minimum absolute atomic E-state index is 1.23. The maximum Gasteiger partial charge on any atom is -0.0310 e. The van der Waals surface area contributed by atoms with Crippen LogP contribution in [0.3, 0.4) is 0 Å². The molecule has 0 saturated heterocycles. The van der Waals surface area contributed by atoms with Crippen molar-refractivity contribution >= 4 is 0 Å². The van der Waals surface area contributed by atoms with Crippen LogP contribution in [0.15, 0.2) is 37.0 Å². The molecule has 0 saturated carbocycles. The molecular weight excluding hydrogens is 108 g/mol. The Labute approximate surface area is 57.6 Å². The van der Waals surface area contributed by atoms with Gasteiger partial charge in [-0.3, -0.25) is 0 Å². The van der Waals surface area contributed by atoms with Gasteiger partial charge in [0.15, 0.2) is 0 Å². The molecule has 0 spiro atoms. The van der Waals surface area contributed by atoms with Crippen LogP contribution in [0.2, 0.25) is 0 Å². The van der Waals surface area contributed by atoms with Crippen LogP contribution in [0.25, 0.3) is 0 Å². The fourth-order valence-electron chi connectivity index (χ4n) is 0.744. The molecule has 1 rings (SSSR count). The Kier molecular flexibility index (Phi) is 4.89. The van der Waals surface area contributed by atoms with Crippen LogP contribution in [-0.4, -0.2) is 0 Å². The molecule has 0 heterocycles. The number of rotatable bonds is 0. The molecule has 0 fully saturated rings. The lowest BCUT2D eigenvalue weighted by molar-refractivity contribution is 1.02. The van der Waals surface area contributed by atoms with Crippen LogP contribution < -0.4 is 0 Å². The lowest BCUT2D eigenvalue weighted by Crippen LogP contribution is -1.76. The minimum atomic E-state index is 1.23. The predicted octanol–water partition coefficient (Wildman–Crippen LogP) is 3.08. The van der Waals surface area contributed by atoms with Crippen molar-refractivity contribution in [1.82, 2.24) is 0 Å². The van der Waals surface area contributed by atoms with Crippen molar-refractivity contribution in [2.24, 2.45) is 0 Å². The third-order valence-electron chi connectivity index (χ3n) is 1.18. The van der Waals surface area contributed by atoms with Gasteiger partial charge < -0.3 is 0 Å². The van der Waals surface area contributed by atoms with E-state index in [1.807, 2.05) is 0 Å². The number of hydrogen-bond acceptors (Lipinski definition) is 0. The van der Waals surface area contributed by atoms with E-state index in [-0.39, 0.29) is 0 Å².